The third-order valence-electron chi connectivity index (χ3n) is 2.74. The van der Waals surface area contributed by atoms with Crippen molar-refractivity contribution in [2.75, 3.05) is 0 Å². The van der Waals surface area contributed by atoms with Crippen LogP contribution >= 0.6 is 0 Å². The average molecular weight is 217 g/mol. The summed E-state index contributed by atoms with van der Waals surface area (Å²) in [7, 11) is 0. The van der Waals surface area contributed by atoms with Crippen molar-refractivity contribution in [3.63, 3.8) is 0 Å². The highest BCUT2D eigenvalue weighted by Gasteiger charge is 2.29. The first kappa shape index (κ1) is 10.9. The van der Waals surface area contributed by atoms with Gasteiger partial charge in [0.2, 0.25) is 0 Å². The Morgan fingerprint density at radius 1 is 1.31 bits per heavy atom. The van der Waals surface area contributed by atoms with Gasteiger partial charge < -0.3 is 9.63 Å². The summed E-state index contributed by atoms with van der Waals surface area (Å²) in [4.78, 5) is 0. The second-order valence-corrected chi connectivity index (χ2v) is 3.97. The summed E-state index contributed by atoms with van der Waals surface area (Å²) in [6.07, 6.45) is 0.800. The molecule has 0 bridgehead atoms. The number of aromatic nitrogens is 1. The van der Waals surface area contributed by atoms with Crippen molar-refractivity contribution in [1.29, 1.82) is 0 Å². The number of aliphatic hydroxyl groups is 1. The normalized spacial score (nSPS) is 14.7. The van der Waals surface area contributed by atoms with Gasteiger partial charge in [0.25, 0.3) is 0 Å². The van der Waals surface area contributed by atoms with Crippen LogP contribution in [0.25, 0.3) is 0 Å². The van der Waals surface area contributed by atoms with E-state index in [1.807, 2.05) is 37.3 Å². The quantitative estimate of drug-likeness (QED) is 0.859. The summed E-state index contributed by atoms with van der Waals surface area (Å²) in [6.45, 7) is 3.71. The predicted octanol–water partition coefficient (Wildman–Crippen LogP) is 2.49. The van der Waals surface area contributed by atoms with E-state index in [0.29, 0.717) is 5.76 Å². The maximum Gasteiger partial charge on any atom is 0.172 e. The molecule has 0 radical (unpaired) electrons. The van der Waals surface area contributed by atoms with Gasteiger partial charge in [-0.1, -0.05) is 42.4 Å². The van der Waals surface area contributed by atoms with Gasteiger partial charge in [-0.25, -0.2) is 0 Å². The molecule has 1 unspecified atom stereocenters. The SMILES string of the molecule is CCc1cc(C(C)(O)c2ccccc2)on1. The van der Waals surface area contributed by atoms with Gasteiger partial charge in [-0.3, -0.25) is 0 Å². The number of benzene rings is 1. The zero-order chi connectivity index (χ0) is 11.6. The van der Waals surface area contributed by atoms with E-state index in [4.69, 9.17) is 4.52 Å². The highest BCUT2D eigenvalue weighted by atomic mass is 16.5. The summed E-state index contributed by atoms with van der Waals surface area (Å²) in [5.41, 5.74) is 0.529. The summed E-state index contributed by atoms with van der Waals surface area (Å²) in [6, 6.07) is 11.2. The monoisotopic (exact) mass is 217 g/mol. The molecule has 0 fully saturated rings. The molecule has 1 heterocycles. The minimum absolute atomic E-state index is 0.482. The van der Waals surface area contributed by atoms with Gasteiger partial charge in [-0.05, 0) is 18.9 Å². The minimum Gasteiger partial charge on any atom is -0.377 e. The third-order valence-corrected chi connectivity index (χ3v) is 2.74. The van der Waals surface area contributed by atoms with Crippen LogP contribution in [0.1, 0.15) is 30.9 Å². The number of aryl methyl sites for hydroxylation is 1. The van der Waals surface area contributed by atoms with Crippen LogP contribution in [0.4, 0.5) is 0 Å². The average Bonchev–Trinajstić information content (AvgIpc) is 2.79. The highest BCUT2D eigenvalue weighted by Crippen LogP contribution is 2.29. The van der Waals surface area contributed by atoms with Gasteiger partial charge in [0.1, 0.15) is 5.60 Å². The molecule has 1 aromatic carbocycles. The van der Waals surface area contributed by atoms with Crippen molar-refractivity contribution in [3.05, 3.63) is 53.4 Å². The largest absolute Gasteiger partial charge is 0.377 e. The lowest BCUT2D eigenvalue weighted by molar-refractivity contribution is 0.0693. The van der Waals surface area contributed by atoms with E-state index >= 15 is 0 Å². The van der Waals surface area contributed by atoms with Crippen LogP contribution in [0.3, 0.4) is 0 Å². The second-order valence-electron chi connectivity index (χ2n) is 3.97. The summed E-state index contributed by atoms with van der Waals surface area (Å²) in [5.74, 6) is 0.482. The Morgan fingerprint density at radius 3 is 2.56 bits per heavy atom. The fourth-order valence-electron chi connectivity index (χ4n) is 1.61. The van der Waals surface area contributed by atoms with Crippen LogP contribution in [0, 0.1) is 0 Å². The zero-order valence-corrected chi connectivity index (χ0v) is 9.47. The van der Waals surface area contributed by atoms with Crippen molar-refractivity contribution in [1.82, 2.24) is 5.16 Å². The van der Waals surface area contributed by atoms with Crippen LogP contribution in [-0.2, 0) is 12.0 Å². The lowest BCUT2D eigenvalue weighted by Gasteiger charge is -2.20. The maximum absolute atomic E-state index is 10.4. The fraction of sp³-hybridized carbons (Fsp3) is 0.308. The molecule has 1 atom stereocenters. The van der Waals surface area contributed by atoms with E-state index in [-0.39, 0.29) is 0 Å². The summed E-state index contributed by atoms with van der Waals surface area (Å²) in [5, 5.41) is 14.3. The van der Waals surface area contributed by atoms with Crippen molar-refractivity contribution in [2.45, 2.75) is 25.9 Å². The van der Waals surface area contributed by atoms with Crippen LogP contribution in [0.2, 0.25) is 0 Å². The van der Waals surface area contributed by atoms with E-state index < -0.39 is 5.60 Å². The molecule has 0 aliphatic carbocycles. The molecule has 84 valence electrons. The van der Waals surface area contributed by atoms with E-state index in [9.17, 15) is 5.11 Å². The van der Waals surface area contributed by atoms with Crippen molar-refractivity contribution >= 4 is 0 Å². The van der Waals surface area contributed by atoms with Gasteiger partial charge in [0.05, 0.1) is 5.69 Å². The molecule has 0 amide bonds. The molecule has 1 aromatic heterocycles. The molecule has 0 saturated carbocycles. The van der Waals surface area contributed by atoms with Crippen molar-refractivity contribution in [3.8, 4) is 0 Å². The Bertz CT molecular complexity index is 460. The first-order chi connectivity index (χ1) is 7.64. The van der Waals surface area contributed by atoms with Gasteiger partial charge in [-0.2, -0.15) is 0 Å². The zero-order valence-electron chi connectivity index (χ0n) is 9.47. The van der Waals surface area contributed by atoms with Gasteiger partial charge >= 0.3 is 0 Å². The number of rotatable bonds is 3. The molecule has 16 heavy (non-hydrogen) atoms. The minimum atomic E-state index is -1.12. The van der Waals surface area contributed by atoms with Gasteiger partial charge in [-0.15, -0.1) is 0 Å². The molecular weight excluding hydrogens is 202 g/mol. The molecule has 2 rings (SSSR count). The smallest absolute Gasteiger partial charge is 0.172 e. The van der Waals surface area contributed by atoms with Gasteiger partial charge in [0.15, 0.2) is 5.76 Å². The maximum atomic E-state index is 10.4. The lowest BCUT2D eigenvalue weighted by atomic mass is 9.93. The van der Waals surface area contributed by atoms with Crippen LogP contribution in [-0.4, -0.2) is 10.3 Å². The second kappa shape index (κ2) is 4.10. The molecule has 0 aliphatic rings. The third kappa shape index (κ3) is 1.86. The first-order valence-electron chi connectivity index (χ1n) is 5.38. The molecule has 3 heteroatoms. The first-order valence-corrected chi connectivity index (χ1v) is 5.38. The van der Waals surface area contributed by atoms with Crippen molar-refractivity contribution in [2.24, 2.45) is 0 Å². The molecule has 1 N–H and O–H groups in total. The van der Waals surface area contributed by atoms with Crippen LogP contribution in [0.15, 0.2) is 40.9 Å². The van der Waals surface area contributed by atoms with E-state index in [2.05, 4.69) is 5.16 Å². The fourth-order valence-corrected chi connectivity index (χ4v) is 1.61. The van der Waals surface area contributed by atoms with Gasteiger partial charge in [0, 0.05) is 6.07 Å². The summed E-state index contributed by atoms with van der Waals surface area (Å²) < 4.78 is 5.17. The topological polar surface area (TPSA) is 46.3 Å². The molecule has 0 saturated heterocycles. The Kier molecular flexibility index (Phi) is 2.79. The Hall–Kier alpha value is -1.61. The lowest BCUT2D eigenvalue weighted by Crippen LogP contribution is -2.21. The molecule has 3 nitrogen and oxygen atoms in total. The Morgan fingerprint density at radius 2 is 2.00 bits per heavy atom. The number of hydrogen-bond acceptors (Lipinski definition) is 3. The molecule has 0 aliphatic heterocycles. The van der Waals surface area contributed by atoms with Crippen molar-refractivity contribution < 1.29 is 9.63 Å². The molecule has 2 aromatic rings. The van der Waals surface area contributed by atoms with Crippen LogP contribution in [0.5, 0.6) is 0 Å². The van der Waals surface area contributed by atoms with E-state index in [1.165, 1.54) is 0 Å². The van der Waals surface area contributed by atoms with E-state index in [1.54, 1.807) is 13.0 Å². The highest BCUT2D eigenvalue weighted by molar-refractivity contribution is 5.30. The standard InChI is InChI=1S/C13H15NO2/c1-3-11-9-12(16-14-11)13(2,15)10-7-5-4-6-8-10/h4-9,15H,3H2,1-2H3. The Balaban J connectivity index is 2.38. The molecular formula is C13H15NO2. The van der Waals surface area contributed by atoms with Crippen LogP contribution < -0.4 is 0 Å². The summed E-state index contributed by atoms with van der Waals surface area (Å²) >= 11 is 0. The molecule has 0 spiro atoms. The predicted molar refractivity (Wildman–Crippen MR) is 61.0 cm³/mol. The van der Waals surface area contributed by atoms with E-state index in [0.717, 1.165) is 17.7 Å². The number of hydrogen-bond donors (Lipinski definition) is 1. The Labute approximate surface area is 94.7 Å². The number of nitrogens with zero attached hydrogens (tertiary/aromatic N) is 1.